The molecule has 5 nitrogen and oxygen atoms in total. The number of carbonyl (C=O) groups is 2. The molecule has 1 aliphatic heterocycles. The van der Waals surface area contributed by atoms with E-state index in [9.17, 15) is 14.7 Å². The van der Waals surface area contributed by atoms with E-state index in [1.54, 1.807) is 37.4 Å². The van der Waals surface area contributed by atoms with Gasteiger partial charge in [0.1, 0.15) is 17.6 Å². The molecule has 33 heavy (non-hydrogen) atoms. The topological polar surface area (TPSA) is 66.8 Å². The Morgan fingerprint density at radius 1 is 0.970 bits per heavy atom. The predicted molar refractivity (Wildman–Crippen MR) is 131 cm³/mol. The quantitative estimate of drug-likeness (QED) is 0.238. The van der Waals surface area contributed by atoms with Gasteiger partial charge in [-0.05, 0) is 52.9 Å². The summed E-state index contributed by atoms with van der Waals surface area (Å²) in [6.07, 6.45) is 0. The molecule has 1 saturated heterocycles. The number of carbonyl (C=O) groups excluding carboxylic acids is 2. The molecule has 0 radical (unpaired) electrons. The van der Waals surface area contributed by atoms with Crippen molar-refractivity contribution in [2.24, 2.45) is 0 Å². The molecule has 0 aliphatic carbocycles. The van der Waals surface area contributed by atoms with Crippen LogP contribution in [-0.4, -0.2) is 23.9 Å². The molecule has 164 valence electrons. The predicted octanol–water partition coefficient (Wildman–Crippen LogP) is 5.84. The van der Waals surface area contributed by atoms with E-state index >= 15 is 0 Å². The fourth-order valence-electron chi connectivity index (χ4n) is 4.26. The van der Waals surface area contributed by atoms with Gasteiger partial charge >= 0.3 is 0 Å². The molecule has 1 unspecified atom stereocenters. The number of fused-ring (bicyclic) bond motifs is 1. The third-order valence-corrected chi connectivity index (χ3v) is 7.02. The van der Waals surface area contributed by atoms with Crippen LogP contribution in [0.3, 0.4) is 0 Å². The summed E-state index contributed by atoms with van der Waals surface area (Å²) in [5.41, 5.74) is 2.07. The van der Waals surface area contributed by atoms with Crippen LogP contribution < -0.4 is 9.64 Å². The summed E-state index contributed by atoms with van der Waals surface area (Å²) in [5, 5.41) is 15.2. The van der Waals surface area contributed by atoms with Gasteiger partial charge in [-0.15, -0.1) is 11.3 Å². The number of aryl methyl sites for hydroxylation is 1. The van der Waals surface area contributed by atoms with Crippen LogP contribution in [0, 0.1) is 6.92 Å². The summed E-state index contributed by atoms with van der Waals surface area (Å²) in [6, 6.07) is 21.5. The molecule has 2 heterocycles. The van der Waals surface area contributed by atoms with Crippen LogP contribution in [0.25, 0.3) is 16.5 Å². The van der Waals surface area contributed by atoms with Crippen LogP contribution in [0.5, 0.6) is 5.75 Å². The van der Waals surface area contributed by atoms with Crippen LogP contribution in [0.2, 0.25) is 0 Å². The normalized spacial score (nSPS) is 17.6. The van der Waals surface area contributed by atoms with Gasteiger partial charge in [-0.3, -0.25) is 14.5 Å². The van der Waals surface area contributed by atoms with Crippen molar-refractivity contribution in [3.63, 3.8) is 0 Å². The van der Waals surface area contributed by atoms with Gasteiger partial charge in [0.05, 0.1) is 12.7 Å². The Balaban J connectivity index is 1.73. The van der Waals surface area contributed by atoms with E-state index in [-0.39, 0.29) is 11.3 Å². The lowest BCUT2D eigenvalue weighted by atomic mass is 9.97. The molecular formula is C27H21NO4S. The highest BCUT2D eigenvalue weighted by Crippen LogP contribution is 2.45. The number of benzene rings is 3. The Hall–Kier alpha value is -3.90. The monoisotopic (exact) mass is 455 g/mol. The van der Waals surface area contributed by atoms with Gasteiger partial charge in [0, 0.05) is 22.2 Å². The molecule has 1 amide bonds. The van der Waals surface area contributed by atoms with Crippen LogP contribution in [0.15, 0.2) is 83.7 Å². The van der Waals surface area contributed by atoms with Gasteiger partial charge in [0.25, 0.3) is 11.7 Å². The summed E-state index contributed by atoms with van der Waals surface area (Å²) >= 11 is 1.46. The zero-order chi connectivity index (χ0) is 23.1. The number of ether oxygens (including phenoxy) is 1. The zero-order valence-electron chi connectivity index (χ0n) is 18.1. The minimum atomic E-state index is -0.733. The molecule has 4 aromatic rings. The van der Waals surface area contributed by atoms with Gasteiger partial charge in [0.15, 0.2) is 0 Å². The molecule has 0 spiro atoms. The average Bonchev–Trinajstić information content (AvgIpc) is 3.38. The molecule has 1 aromatic heterocycles. The largest absolute Gasteiger partial charge is 0.507 e. The minimum absolute atomic E-state index is 0.0867. The Kier molecular flexibility index (Phi) is 5.23. The molecule has 5 rings (SSSR count). The van der Waals surface area contributed by atoms with Gasteiger partial charge in [-0.2, -0.15) is 0 Å². The number of aliphatic hydroxyl groups is 1. The van der Waals surface area contributed by atoms with Crippen molar-refractivity contribution in [3.05, 3.63) is 99.8 Å². The molecule has 1 atom stereocenters. The number of nitrogens with zero attached hydrogens (tertiary/aromatic N) is 1. The van der Waals surface area contributed by atoms with Gasteiger partial charge in [-0.1, -0.05) is 42.5 Å². The number of ketones is 1. The standard InChI is InChI=1S/C27H21NO4S/c1-16-12-13-33-26(16)23-22(24(29)19-11-10-17-6-3-4-7-18(17)14-19)25(30)27(31)28(23)20-8-5-9-21(15-20)32-2/h3-15,23,29H,1-2H3/b24-22-. The maximum Gasteiger partial charge on any atom is 0.300 e. The number of aliphatic hydroxyl groups excluding tert-OH is 1. The van der Waals surface area contributed by atoms with E-state index in [2.05, 4.69) is 0 Å². The van der Waals surface area contributed by atoms with Crippen LogP contribution >= 0.6 is 11.3 Å². The van der Waals surface area contributed by atoms with E-state index in [1.165, 1.54) is 16.2 Å². The van der Waals surface area contributed by atoms with Crippen molar-refractivity contribution in [2.75, 3.05) is 12.0 Å². The summed E-state index contributed by atoms with van der Waals surface area (Å²) in [5.74, 6) is -0.988. The lowest BCUT2D eigenvalue weighted by Gasteiger charge is -2.25. The highest BCUT2D eigenvalue weighted by atomic mass is 32.1. The van der Waals surface area contributed by atoms with E-state index < -0.39 is 17.7 Å². The van der Waals surface area contributed by atoms with Crippen LogP contribution in [-0.2, 0) is 9.59 Å². The Bertz CT molecular complexity index is 1430. The fourth-order valence-corrected chi connectivity index (χ4v) is 5.29. The second kappa shape index (κ2) is 8.22. The number of rotatable bonds is 4. The van der Waals surface area contributed by atoms with Crippen LogP contribution in [0.4, 0.5) is 5.69 Å². The number of Topliss-reactive ketones (excluding diaryl/α,β-unsaturated/α-hetero) is 1. The lowest BCUT2D eigenvalue weighted by molar-refractivity contribution is -0.132. The average molecular weight is 456 g/mol. The zero-order valence-corrected chi connectivity index (χ0v) is 18.9. The molecule has 1 N–H and O–H groups in total. The number of hydrogen-bond donors (Lipinski definition) is 1. The molecule has 0 saturated carbocycles. The second-order valence-corrected chi connectivity index (χ2v) is 8.85. The van der Waals surface area contributed by atoms with Crippen molar-refractivity contribution in [3.8, 4) is 5.75 Å². The smallest absolute Gasteiger partial charge is 0.300 e. The number of hydrogen-bond acceptors (Lipinski definition) is 5. The van der Waals surface area contributed by atoms with Crippen molar-refractivity contribution in [2.45, 2.75) is 13.0 Å². The molecule has 6 heteroatoms. The van der Waals surface area contributed by atoms with Gasteiger partial charge in [-0.25, -0.2) is 0 Å². The maximum atomic E-state index is 13.3. The second-order valence-electron chi connectivity index (χ2n) is 7.90. The van der Waals surface area contributed by atoms with Crippen LogP contribution in [0.1, 0.15) is 22.0 Å². The summed E-state index contributed by atoms with van der Waals surface area (Å²) < 4.78 is 5.33. The Morgan fingerprint density at radius 2 is 1.76 bits per heavy atom. The molecular weight excluding hydrogens is 434 g/mol. The van der Waals surface area contributed by atoms with Crippen molar-refractivity contribution in [1.29, 1.82) is 0 Å². The molecule has 3 aromatic carbocycles. The Morgan fingerprint density at radius 3 is 2.48 bits per heavy atom. The number of methoxy groups -OCH3 is 1. The summed E-state index contributed by atoms with van der Waals surface area (Å²) in [6.45, 7) is 1.94. The van der Waals surface area contributed by atoms with Crippen molar-refractivity contribution in [1.82, 2.24) is 0 Å². The third kappa shape index (κ3) is 3.49. The first-order chi connectivity index (χ1) is 16.0. The minimum Gasteiger partial charge on any atom is -0.507 e. The Labute approximate surface area is 195 Å². The maximum absolute atomic E-state index is 13.3. The molecule has 0 bridgehead atoms. The summed E-state index contributed by atoms with van der Waals surface area (Å²) in [7, 11) is 1.55. The first-order valence-electron chi connectivity index (χ1n) is 10.5. The van der Waals surface area contributed by atoms with Crippen molar-refractivity contribution < 1.29 is 19.4 Å². The summed E-state index contributed by atoms with van der Waals surface area (Å²) in [4.78, 5) is 28.9. The first kappa shape index (κ1) is 21.0. The molecule has 1 fully saturated rings. The van der Waals surface area contributed by atoms with Crippen molar-refractivity contribution >= 4 is 45.2 Å². The van der Waals surface area contributed by atoms with Gasteiger partial charge < -0.3 is 9.84 Å². The van der Waals surface area contributed by atoms with Gasteiger partial charge in [0.2, 0.25) is 0 Å². The number of thiophene rings is 1. The number of amides is 1. The first-order valence-corrected chi connectivity index (χ1v) is 11.4. The number of anilines is 1. The highest BCUT2D eigenvalue weighted by Gasteiger charge is 2.48. The highest BCUT2D eigenvalue weighted by molar-refractivity contribution is 7.10. The van der Waals surface area contributed by atoms with E-state index in [4.69, 9.17) is 4.74 Å². The van der Waals surface area contributed by atoms with E-state index in [0.717, 1.165) is 21.2 Å². The lowest BCUT2D eigenvalue weighted by Crippen LogP contribution is -2.29. The third-order valence-electron chi connectivity index (χ3n) is 5.95. The van der Waals surface area contributed by atoms with E-state index in [0.29, 0.717) is 17.0 Å². The SMILES string of the molecule is COc1cccc(N2C(=O)C(=O)/C(=C(\O)c3ccc4ccccc4c3)C2c2sccc2C)c1. The fraction of sp³-hybridized carbons (Fsp3) is 0.111. The molecule has 1 aliphatic rings. The van der Waals surface area contributed by atoms with E-state index in [1.807, 2.05) is 54.8 Å².